The van der Waals surface area contributed by atoms with E-state index in [1.54, 1.807) is 0 Å². The molecule has 0 radical (unpaired) electrons. The van der Waals surface area contributed by atoms with Gasteiger partial charge < -0.3 is 10.6 Å². The number of hydrogen-bond acceptors (Lipinski definition) is 2. The predicted molar refractivity (Wildman–Crippen MR) is 60.2 cm³/mol. The monoisotopic (exact) mass is 196 g/mol. The molecule has 1 aliphatic carbocycles. The van der Waals surface area contributed by atoms with Crippen LogP contribution in [0.3, 0.4) is 0 Å². The summed E-state index contributed by atoms with van der Waals surface area (Å²) in [5.74, 6) is 0.777. The molecule has 1 atom stereocenters. The summed E-state index contributed by atoms with van der Waals surface area (Å²) in [7, 11) is 0. The van der Waals surface area contributed by atoms with Gasteiger partial charge in [0.05, 0.1) is 0 Å². The Morgan fingerprint density at radius 2 is 2.00 bits per heavy atom. The lowest BCUT2D eigenvalue weighted by atomic mass is 9.78. The van der Waals surface area contributed by atoms with Crippen molar-refractivity contribution in [3.8, 4) is 0 Å². The molecule has 2 fully saturated rings. The third-order valence-electron chi connectivity index (χ3n) is 4.30. The summed E-state index contributed by atoms with van der Waals surface area (Å²) in [4.78, 5) is 2.57. The molecule has 1 aliphatic heterocycles. The van der Waals surface area contributed by atoms with Gasteiger partial charge in [0, 0.05) is 12.1 Å². The minimum absolute atomic E-state index is 0.202. The highest BCUT2D eigenvalue weighted by molar-refractivity contribution is 4.97. The van der Waals surface area contributed by atoms with E-state index in [1.165, 1.54) is 58.2 Å². The van der Waals surface area contributed by atoms with Crippen molar-refractivity contribution in [1.82, 2.24) is 4.90 Å². The largest absolute Gasteiger partial charge is 0.325 e. The van der Waals surface area contributed by atoms with Crippen LogP contribution in [0.25, 0.3) is 0 Å². The maximum atomic E-state index is 6.52. The van der Waals surface area contributed by atoms with Crippen LogP contribution < -0.4 is 5.73 Å². The molecule has 82 valence electrons. The van der Waals surface area contributed by atoms with Crippen LogP contribution >= 0.6 is 0 Å². The van der Waals surface area contributed by atoms with Crippen molar-refractivity contribution >= 4 is 0 Å². The summed E-state index contributed by atoms with van der Waals surface area (Å²) >= 11 is 0. The maximum Gasteiger partial charge on any atom is 0.0195 e. The number of piperidine rings is 1. The minimum atomic E-state index is 0.202. The van der Waals surface area contributed by atoms with Crippen molar-refractivity contribution in [2.75, 3.05) is 19.6 Å². The van der Waals surface area contributed by atoms with Crippen molar-refractivity contribution < 1.29 is 0 Å². The second-order valence-corrected chi connectivity index (χ2v) is 5.17. The molecule has 2 heteroatoms. The normalized spacial score (nSPS) is 33.4. The van der Waals surface area contributed by atoms with Crippen molar-refractivity contribution in [1.29, 1.82) is 0 Å². The Morgan fingerprint density at radius 1 is 1.29 bits per heavy atom. The third kappa shape index (κ3) is 1.96. The van der Waals surface area contributed by atoms with Crippen LogP contribution in [0.15, 0.2) is 0 Å². The van der Waals surface area contributed by atoms with Crippen LogP contribution in [0, 0.1) is 5.92 Å². The molecular formula is C12H24N2. The number of nitrogens with zero attached hydrogens (tertiary/aromatic N) is 1. The molecule has 2 N–H and O–H groups in total. The third-order valence-corrected chi connectivity index (χ3v) is 4.30. The Balaban J connectivity index is 1.96. The first-order valence-corrected chi connectivity index (χ1v) is 6.26. The van der Waals surface area contributed by atoms with E-state index in [2.05, 4.69) is 11.8 Å². The van der Waals surface area contributed by atoms with Crippen LogP contribution in [0.2, 0.25) is 0 Å². The zero-order valence-electron chi connectivity index (χ0n) is 9.47. The van der Waals surface area contributed by atoms with Gasteiger partial charge in [0.1, 0.15) is 0 Å². The summed E-state index contributed by atoms with van der Waals surface area (Å²) in [5, 5.41) is 0. The lowest BCUT2D eigenvalue weighted by Crippen LogP contribution is -2.51. The second kappa shape index (κ2) is 4.19. The van der Waals surface area contributed by atoms with Gasteiger partial charge in [-0.15, -0.1) is 0 Å². The van der Waals surface area contributed by atoms with Crippen molar-refractivity contribution in [3.05, 3.63) is 0 Å². The first kappa shape index (κ1) is 10.4. The lowest BCUT2D eigenvalue weighted by molar-refractivity contribution is 0.122. The van der Waals surface area contributed by atoms with Gasteiger partial charge >= 0.3 is 0 Å². The van der Waals surface area contributed by atoms with E-state index in [0.29, 0.717) is 0 Å². The van der Waals surface area contributed by atoms with Gasteiger partial charge in [-0.1, -0.05) is 19.8 Å². The molecule has 0 aromatic rings. The Labute approximate surface area is 87.8 Å². The van der Waals surface area contributed by atoms with Crippen molar-refractivity contribution in [3.63, 3.8) is 0 Å². The molecular weight excluding hydrogens is 172 g/mol. The SMILES string of the molecule is CCN1CCCC(C2(N)CCCC2)C1. The number of rotatable bonds is 2. The topological polar surface area (TPSA) is 29.3 Å². The standard InChI is InChI=1S/C12H24N2/c1-2-14-9-5-6-11(10-14)12(13)7-3-4-8-12/h11H,2-10,13H2,1H3. The Kier molecular flexibility index (Phi) is 3.13. The fraction of sp³-hybridized carbons (Fsp3) is 1.00. The van der Waals surface area contributed by atoms with Gasteiger partial charge in [-0.2, -0.15) is 0 Å². The molecule has 0 amide bonds. The first-order valence-electron chi connectivity index (χ1n) is 6.26. The van der Waals surface area contributed by atoms with Crippen LogP contribution in [-0.4, -0.2) is 30.1 Å². The zero-order valence-corrected chi connectivity index (χ0v) is 9.47. The molecule has 1 saturated heterocycles. The molecule has 1 heterocycles. The first-order chi connectivity index (χ1) is 6.74. The Hall–Kier alpha value is -0.0800. The van der Waals surface area contributed by atoms with Crippen LogP contribution in [0.5, 0.6) is 0 Å². The van der Waals surface area contributed by atoms with E-state index >= 15 is 0 Å². The van der Waals surface area contributed by atoms with E-state index < -0.39 is 0 Å². The highest BCUT2D eigenvalue weighted by Gasteiger charge is 2.39. The highest BCUT2D eigenvalue weighted by atomic mass is 15.1. The maximum absolute atomic E-state index is 6.52. The average molecular weight is 196 g/mol. The van der Waals surface area contributed by atoms with Gasteiger partial charge in [0.2, 0.25) is 0 Å². The molecule has 0 bridgehead atoms. The van der Waals surface area contributed by atoms with Crippen LogP contribution in [0.1, 0.15) is 45.4 Å². The summed E-state index contributed by atoms with van der Waals surface area (Å²) < 4.78 is 0. The van der Waals surface area contributed by atoms with E-state index in [1.807, 2.05) is 0 Å². The predicted octanol–water partition coefficient (Wildman–Crippen LogP) is 1.99. The van der Waals surface area contributed by atoms with Crippen LogP contribution in [0.4, 0.5) is 0 Å². The van der Waals surface area contributed by atoms with E-state index in [0.717, 1.165) is 5.92 Å². The zero-order chi connectivity index (χ0) is 10.0. The van der Waals surface area contributed by atoms with E-state index in [4.69, 9.17) is 5.73 Å². The fourth-order valence-electron chi connectivity index (χ4n) is 3.25. The van der Waals surface area contributed by atoms with Gasteiger partial charge in [0.25, 0.3) is 0 Å². The number of hydrogen-bond donors (Lipinski definition) is 1. The molecule has 14 heavy (non-hydrogen) atoms. The molecule has 0 aromatic carbocycles. The van der Waals surface area contributed by atoms with Crippen LogP contribution in [-0.2, 0) is 0 Å². The molecule has 0 aromatic heterocycles. The van der Waals surface area contributed by atoms with Crippen molar-refractivity contribution in [2.24, 2.45) is 11.7 Å². The molecule has 0 spiro atoms. The smallest absolute Gasteiger partial charge is 0.0195 e. The van der Waals surface area contributed by atoms with E-state index in [9.17, 15) is 0 Å². The Morgan fingerprint density at radius 3 is 2.64 bits per heavy atom. The minimum Gasteiger partial charge on any atom is -0.325 e. The van der Waals surface area contributed by atoms with Gasteiger partial charge in [-0.25, -0.2) is 0 Å². The van der Waals surface area contributed by atoms with E-state index in [-0.39, 0.29) is 5.54 Å². The average Bonchev–Trinajstić information content (AvgIpc) is 2.67. The summed E-state index contributed by atoms with van der Waals surface area (Å²) in [6.45, 7) is 6.02. The fourth-order valence-corrected chi connectivity index (χ4v) is 3.25. The molecule has 2 rings (SSSR count). The highest BCUT2D eigenvalue weighted by Crippen LogP contribution is 2.37. The van der Waals surface area contributed by atoms with Gasteiger partial charge in [0.15, 0.2) is 0 Å². The molecule has 1 unspecified atom stereocenters. The van der Waals surface area contributed by atoms with Crippen molar-refractivity contribution in [2.45, 2.75) is 51.0 Å². The number of nitrogens with two attached hydrogens (primary N) is 1. The quantitative estimate of drug-likeness (QED) is 0.732. The summed E-state index contributed by atoms with van der Waals surface area (Å²) in [6, 6.07) is 0. The molecule has 2 aliphatic rings. The molecule has 1 saturated carbocycles. The Bertz CT molecular complexity index is 185. The second-order valence-electron chi connectivity index (χ2n) is 5.17. The van der Waals surface area contributed by atoms with Gasteiger partial charge in [-0.05, 0) is 44.7 Å². The summed E-state index contributed by atoms with van der Waals surface area (Å²) in [6.07, 6.45) is 7.99. The summed E-state index contributed by atoms with van der Waals surface area (Å²) in [5.41, 5.74) is 6.73. The molecule has 2 nitrogen and oxygen atoms in total. The lowest BCUT2D eigenvalue weighted by Gasteiger charge is -2.41. The van der Waals surface area contributed by atoms with Gasteiger partial charge in [-0.3, -0.25) is 0 Å². The number of likely N-dealkylation sites (tertiary alicyclic amines) is 1.